The molecule has 2 fully saturated rings. The maximum Gasteiger partial charge on any atom is 0.290 e. The zero-order valence-corrected chi connectivity index (χ0v) is 19.1. The van der Waals surface area contributed by atoms with Crippen LogP contribution in [0.1, 0.15) is 23.4 Å². The number of carbonyl (C=O) groups excluding carboxylic acids is 1. The molecule has 0 bridgehead atoms. The maximum absolute atomic E-state index is 13.1. The third-order valence-electron chi connectivity index (χ3n) is 6.53. The summed E-state index contributed by atoms with van der Waals surface area (Å²) in [4.78, 5) is 25.6. The van der Waals surface area contributed by atoms with E-state index in [0.29, 0.717) is 29.4 Å². The van der Waals surface area contributed by atoms with Crippen LogP contribution in [0.25, 0.3) is 11.3 Å². The van der Waals surface area contributed by atoms with Gasteiger partial charge in [0.2, 0.25) is 0 Å². The molecule has 1 saturated heterocycles. The van der Waals surface area contributed by atoms with Crippen LogP contribution < -0.4 is 4.74 Å². The van der Waals surface area contributed by atoms with Gasteiger partial charge in [-0.1, -0.05) is 0 Å². The Hall–Kier alpha value is -2.84. The van der Waals surface area contributed by atoms with Crippen molar-refractivity contribution < 1.29 is 28.6 Å². The highest BCUT2D eigenvalue weighted by Gasteiger charge is 2.44. The molecule has 1 N–H and O–H groups in total. The summed E-state index contributed by atoms with van der Waals surface area (Å²) in [5, 5.41) is 6.89. The lowest BCUT2D eigenvalue weighted by Gasteiger charge is -2.40. The minimum Gasteiger partial charge on any atom is -0.497 e. The first-order valence-corrected chi connectivity index (χ1v) is 10.7. The van der Waals surface area contributed by atoms with Crippen LogP contribution in [0.15, 0.2) is 40.8 Å². The largest absolute Gasteiger partial charge is 0.497 e. The molecule has 8 heteroatoms. The van der Waals surface area contributed by atoms with Gasteiger partial charge in [0.05, 0.1) is 13.2 Å². The highest BCUT2D eigenvalue weighted by Crippen LogP contribution is 2.39. The van der Waals surface area contributed by atoms with Gasteiger partial charge in [0.15, 0.2) is 5.76 Å². The number of carbonyl (C=O) groups is 2. The van der Waals surface area contributed by atoms with Crippen LogP contribution in [0.5, 0.6) is 5.75 Å². The molecule has 1 aliphatic heterocycles. The van der Waals surface area contributed by atoms with E-state index >= 15 is 0 Å². The Kier molecular flexibility index (Phi) is 7.93. The second-order valence-electron chi connectivity index (χ2n) is 8.50. The van der Waals surface area contributed by atoms with Crippen molar-refractivity contribution >= 4 is 12.4 Å². The fourth-order valence-electron chi connectivity index (χ4n) is 4.87. The van der Waals surface area contributed by atoms with Gasteiger partial charge in [0, 0.05) is 31.8 Å². The molecule has 1 aliphatic carbocycles. The lowest BCUT2D eigenvalue weighted by molar-refractivity contribution is -0.122. The van der Waals surface area contributed by atoms with E-state index in [9.17, 15) is 4.79 Å². The number of amides is 1. The zero-order valence-electron chi connectivity index (χ0n) is 19.1. The molecular weight excluding hydrogens is 412 g/mol. The van der Waals surface area contributed by atoms with Crippen LogP contribution in [0.4, 0.5) is 0 Å². The van der Waals surface area contributed by atoms with Gasteiger partial charge in [-0.15, -0.1) is 0 Å². The number of rotatable bonds is 5. The number of carboxylic acid groups (broad SMARTS) is 1. The molecule has 4 atom stereocenters. The van der Waals surface area contributed by atoms with Gasteiger partial charge in [-0.2, -0.15) is 0 Å². The molecule has 1 aromatic heterocycles. The van der Waals surface area contributed by atoms with Gasteiger partial charge in [0.1, 0.15) is 11.5 Å². The summed E-state index contributed by atoms with van der Waals surface area (Å²) in [5.41, 5.74) is 0.928. The van der Waals surface area contributed by atoms with Gasteiger partial charge in [-0.3, -0.25) is 9.59 Å². The van der Waals surface area contributed by atoms with Crippen LogP contribution >= 0.6 is 0 Å². The monoisotopic (exact) mass is 444 g/mol. The second kappa shape index (κ2) is 10.7. The molecule has 0 unspecified atom stereocenters. The van der Waals surface area contributed by atoms with E-state index in [4.69, 9.17) is 23.8 Å². The molecule has 0 spiro atoms. The first-order valence-electron chi connectivity index (χ1n) is 10.7. The summed E-state index contributed by atoms with van der Waals surface area (Å²) < 4.78 is 16.9. The molecule has 1 saturated carbocycles. The zero-order chi connectivity index (χ0) is 23.3. The van der Waals surface area contributed by atoms with Crippen LogP contribution in [0.2, 0.25) is 0 Å². The van der Waals surface area contributed by atoms with E-state index in [2.05, 4.69) is 19.0 Å². The lowest BCUT2D eigenvalue weighted by Crippen LogP contribution is -2.47. The van der Waals surface area contributed by atoms with Crippen molar-refractivity contribution in [1.29, 1.82) is 0 Å². The molecule has 0 radical (unpaired) electrons. The Labute approximate surface area is 188 Å². The average Bonchev–Trinajstić information content (AvgIpc) is 3.45. The lowest BCUT2D eigenvalue weighted by atomic mass is 9.77. The first kappa shape index (κ1) is 23.8. The Bertz CT molecular complexity index is 894. The number of ether oxygens (including phenoxy) is 2. The van der Waals surface area contributed by atoms with E-state index in [0.717, 1.165) is 37.2 Å². The smallest absolute Gasteiger partial charge is 0.290 e. The normalized spacial score (nSPS) is 24.5. The molecule has 2 aliphatic rings. The predicted molar refractivity (Wildman–Crippen MR) is 120 cm³/mol. The summed E-state index contributed by atoms with van der Waals surface area (Å²) in [7, 11) is 7.65. The van der Waals surface area contributed by atoms with Gasteiger partial charge in [0.25, 0.3) is 12.4 Å². The van der Waals surface area contributed by atoms with Crippen molar-refractivity contribution in [1.82, 2.24) is 9.80 Å². The number of likely N-dealkylation sites (tertiary alicyclic amines) is 1. The molecule has 174 valence electrons. The number of methoxy groups -OCH3 is 2. The summed E-state index contributed by atoms with van der Waals surface area (Å²) >= 11 is 0. The topological polar surface area (TPSA) is 92.5 Å². The minimum absolute atomic E-state index is 0.0190. The number of furan rings is 1. The Balaban J connectivity index is 0.000000913. The quantitative estimate of drug-likeness (QED) is 0.709. The number of fused-ring (bicyclic) bond motifs is 1. The van der Waals surface area contributed by atoms with Crippen LogP contribution in [-0.2, 0) is 9.53 Å². The summed E-state index contributed by atoms with van der Waals surface area (Å²) in [6.45, 7) is 1.32. The number of benzene rings is 1. The van der Waals surface area contributed by atoms with Crippen molar-refractivity contribution in [2.75, 3.05) is 41.4 Å². The van der Waals surface area contributed by atoms with Gasteiger partial charge in [-0.25, -0.2) is 0 Å². The highest BCUT2D eigenvalue weighted by molar-refractivity contribution is 5.92. The second-order valence-corrected chi connectivity index (χ2v) is 8.50. The number of hydrogen-bond donors (Lipinski definition) is 1. The fourth-order valence-corrected chi connectivity index (χ4v) is 4.87. The van der Waals surface area contributed by atoms with Crippen LogP contribution in [0.3, 0.4) is 0 Å². The van der Waals surface area contributed by atoms with Crippen molar-refractivity contribution in [3.63, 3.8) is 0 Å². The van der Waals surface area contributed by atoms with Gasteiger partial charge in [-0.05, 0) is 75.2 Å². The number of likely N-dealkylation sites (N-methyl/N-ethyl adjacent to an activating group) is 1. The van der Waals surface area contributed by atoms with Crippen molar-refractivity contribution in [2.45, 2.75) is 25.0 Å². The number of hydrogen-bond acceptors (Lipinski definition) is 6. The van der Waals surface area contributed by atoms with Crippen molar-refractivity contribution in [3.8, 4) is 17.1 Å². The maximum atomic E-state index is 13.1. The van der Waals surface area contributed by atoms with Gasteiger partial charge < -0.3 is 28.8 Å². The average molecular weight is 445 g/mol. The van der Waals surface area contributed by atoms with Gasteiger partial charge >= 0.3 is 0 Å². The van der Waals surface area contributed by atoms with E-state index in [-0.39, 0.29) is 18.5 Å². The summed E-state index contributed by atoms with van der Waals surface area (Å²) in [6, 6.07) is 11.7. The molecule has 1 amide bonds. The van der Waals surface area contributed by atoms with Crippen molar-refractivity contribution in [3.05, 3.63) is 42.2 Å². The summed E-state index contributed by atoms with van der Waals surface area (Å²) in [5.74, 6) is 2.89. The minimum atomic E-state index is -0.250. The molecular formula is C24H32N2O6. The fraction of sp³-hybridized carbons (Fsp3) is 0.500. The SMILES string of the molecule is COc1ccc(-c2ccc(C(=O)N3C[C@H]4C[C@@H](N(C)C)[C@H](OC)C[C@H]4C3)o2)cc1.O=CO. The summed E-state index contributed by atoms with van der Waals surface area (Å²) in [6.07, 6.45) is 2.30. The molecule has 2 heterocycles. The van der Waals surface area contributed by atoms with E-state index in [1.165, 1.54) is 0 Å². The van der Waals surface area contributed by atoms with E-state index < -0.39 is 0 Å². The molecule has 1 aromatic carbocycles. The highest BCUT2D eigenvalue weighted by atomic mass is 16.5. The predicted octanol–water partition coefficient (Wildman–Crippen LogP) is 3.08. The van der Waals surface area contributed by atoms with Crippen molar-refractivity contribution in [2.24, 2.45) is 11.8 Å². The molecule has 2 aromatic rings. The van der Waals surface area contributed by atoms with E-state index in [1.54, 1.807) is 20.3 Å². The van der Waals surface area contributed by atoms with Crippen LogP contribution in [0, 0.1) is 11.8 Å². The van der Waals surface area contributed by atoms with Crippen LogP contribution in [-0.4, -0.2) is 80.8 Å². The third kappa shape index (κ3) is 5.14. The Morgan fingerprint density at radius 2 is 1.72 bits per heavy atom. The Morgan fingerprint density at radius 3 is 2.28 bits per heavy atom. The van der Waals surface area contributed by atoms with E-state index in [1.807, 2.05) is 35.2 Å². The molecule has 8 nitrogen and oxygen atoms in total. The number of nitrogens with zero attached hydrogens (tertiary/aromatic N) is 2. The molecule has 4 rings (SSSR count). The third-order valence-corrected chi connectivity index (χ3v) is 6.53. The standard InChI is InChI=1S/C23H30N2O4.CH2O2/c1-24(2)19-11-16-13-25(14-17(16)12-22(19)28-4)23(26)21-10-9-20(29-21)15-5-7-18(27-3)8-6-15;2-1-3/h5-10,16-17,19,22H,11-14H2,1-4H3;1H,(H,2,3)/t16-,17+,19-,22-;/m1./s1. The first-order chi connectivity index (χ1) is 15.4. The molecule has 32 heavy (non-hydrogen) atoms. The Morgan fingerprint density at radius 1 is 1.09 bits per heavy atom.